The quantitative estimate of drug-likeness (QED) is 0.0757. The number of carbonyl (C=O) groups is 3. The van der Waals surface area contributed by atoms with E-state index in [0.717, 1.165) is 34.3 Å². The second kappa shape index (κ2) is 17.8. The molecule has 1 aliphatic rings. The fourth-order valence-corrected chi connectivity index (χ4v) is 5.38. The van der Waals surface area contributed by atoms with Crippen LogP contribution in [0.25, 0.3) is 5.70 Å². The number of aliphatic carboxylic acids is 3. The molecule has 3 rings (SSSR count). The van der Waals surface area contributed by atoms with E-state index in [-0.39, 0.29) is 25.7 Å². The van der Waals surface area contributed by atoms with Crippen LogP contribution < -0.4 is 10.6 Å². The van der Waals surface area contributed by atoms with E-state index in [9.17, 15) is 29.7 Å². The number of thiocarbonyl (C=S) groups is 1. The molecule has 2 aromatic rings. The fourth-order valence-electron chi connectivity index (χ4n) is 5.19. The van der Waals surface area contributed by atoms with Crippen molar-refractivity contribution in [1.82, 2.24) is 20.0 Å². The molecule has 0 amide bonds. The van der Waals surface area contributed by atoms with Crippen LogP contribution in [0, 0.1) is 12.3 Å². The van der Waals surface area contributed by atoms with E-state index in [1.807, 2.05) is 49.4 Å². The summed E-state index contributed by atoms with van der Waals surface area (Å²) in [6.45, 7) is 7.34. The molecule has 1 heterocycles. The maximum absolute atomic E-state index is 11.8. The van der Waals surface area contributed by atoms with E-state index in [1.54, 1.807) is 14.7 Å². The summed E-state index contributed by atoms with van der Waals surface area (Å²) in [4.78, 5) is 39.9. The largest absolute Gasteiger partial charge is 0.480 e. The van der Waals surface area contributed by atoms with E-state index >= 15 is 0 Å². The lowest BCUT2D eigenvalue weighted by Crippen LogP contribution is -2.49. The number of hydrogen-bond acceptors (Lipinski definition) is 9. The van der Waals surface area contributed by atoms with Gasteiger partial charge in [-0.15, -0.1) is 10.2 Å². The lowest BCUT2D eigenvalue weighted by Gasteiger charge is -2.33. The normalized spacial score (nSPS) is 16.6. The van der Waals surface area contributed by atoms with Crippen molar-refractivity contribution in [2.24, 2.45) is 10.2 Å². The van der Waals surface area contributed by atoms with E-state index in [1.165, 1.54) is 0 Å². The molecule has 2 aromatic carbocycles. The highest BCUT2D eigenvalue weighted by molar-refractivity contribution is 7.80. The summed E-state index contributed by atoms with van der Waals surface area (Å²) in [5.41, 5.74) is 5.01. The molecule has 1 atom stereocenters. The third-order valence-corrected chi connectivity index (χ3v) is 7.76. The Kier molecular flexibility index (Phi) is 13.9. The molecule has 0 aromatic heterocycles. The first-order chi connectivity index (χ1) is 21.9. The minimum absolute atomic E-state index is 0.208. The van der Waals surface area contributed by atoms with Gasteiger partial charge in [-0.25, -0.2) is 0 Å². The number of carboxylic acids is 3. The summed E-state index contributed by atoms with van der Waals surface area (Å²) in [5, 5.41) is 49.6. The van der Waals surface area contributed by atoms with Gasteiger partial charge in [0.05, 0.1) is 25.3 Å². The Balaban J connectivity index is 1.65. The average Bonchev–Trinajstić information content (AvgIpc) is 3.05. The molecule has 46 heavy (non-hydrogen) atoms. The zero-order chi connectivity index (χ0) is 33.6. The van der Waals surface area contributed by atoms with Gasteiger partial charge in [-0.2, -0.15) is 0 Å². The van der Waals surface area contributed by atoms with Gasteiger partial charge in [0.2, 0.25) is 0 Å². The Morgan fingerprint density at radius 1 is 0.978 bits per heavy atom. The molecule has 1 unspecified atom stereocenters. The van der Waals surface area contributed by atoms with Crippen LogP contribution in [0.1, 0.15) is 22.3 Å². The van der Waals surface area contributed by atoms with Gasteiger partial charge in [-0.3, -0.25) is 34.5 Å². The summed E-state index contributed by atoms with van der Waals surface area (Å²) in [7, 11) is 0. The molecular formula is C31H40N8O6S. The molecule has 1 aliphatic heterocycles. The van der Waals surface area contributed by atoms with Gasteiger partial charge < -0.3 is 26.0 Å². The highest BCUT2D eigenvalue weighted by atomic mass is 32.1. The van der Waals surface area contributed by atoms with Gasteiger partial charge in [0.25, 0.3) is 0 Å². The first-order valence-electron chi connectivity index (χ1n) is 14.6. The summed E-state index contributed by atoms with van der Waals surface area (Å²) < 4.78 is 0. The molecular weight excluding hydrogens is 612 g/mol. The number of carboxylic acid groups (broad SMARTS) is 3. The van der Waals surface area contributed by atoms with Gasteiger partial charge in [0.15, 0.2) is 5.11 Å². The van der Waals surface area contributed by atoms with Crippen molar-refractivity contribution in [3.05, 3.63) is 71.3 Å². The van der Waals surface area contributed by atoms with E-state index in [2.05, 4.69) is 27.4 Å². The van der Waals surface area contributed by atoms with Crippen molar-refractivity contribution in [3.63, 3.8) is 0 Å². The maximum atomic E-state index is 11.8. The molecule has 14 nitrogen and oxygen atoms in total. The Labute approximate surface area is 272 Å². The third kappa shape index (κ3) is 12.1. The van der Waals surface area contributed by atoms with Crippen molar-refractivity contribution in [1.29, 1.82) is 5.41 Å². The Bertz CT molecular complexity index is 1450. The SMILES string of the molecule is C=C(N=NC=N)c1ccc(CNC(=S)Nc2ccc(CC3CN(CC(=O)O)CCN(CC(=O)O)CCN3CC(=O)O)cc2)c(C)c1. The van der Waals surface area contributed by atoms with Crippen LogP contribution in [0.2, 0.25) is 0 Å². The van der Waals surface area contributed by atoms with Gasteiger partial charge in [-0.05, 0) is 60.5 Å². The monoisotopic (exact) mass is 652 g/mol. The Morgan fingerprint density at radius 2 is 1.61 bits per heavy atom. The standard InChI is InChI=1S/C31H40N8O6S/c1-21-13-24(22(2)36-34-20-32)5-6-25(21)15-33-31(46)35-26-7-3-23(4-8-26)14-27-16-38(18-29(42)43)10-9-37(17-28(40)41)11-12-39(27)19-30(44)45/h3-8,13,20,27,32H,2,9-12,14-19H2,1H3,(H,40,41)(H,42,43)(H,44,45)(H2,33,35,46). The van der Waals surface area contributed by atoms with Gasteiger partial charge in [0, 0.05) is 56.6 Å². The molecule has 6 N–H and O–H groups in total. The minimum Gasteiger partial charge on any atom is -0.480 e. The molecule has 246 valence electrons. The summed E-state index contributed by atoms with van der Waals surface area (Å²) in [5.74, 6) is -3.01. The van der Waals surface area contributed by atoms with Gasteiger partial charge in [0.1, 0.15) is 6.34 Å². The maximum Gasteiger partial charge on any atom is 0.317 e. The zero-order valence-corrected chi connectivity index (χ0v) is 26.5. The highest BCUT2D eigenvalue weighted by Gasteiger charge is 2.28. The minimum atomic E-state index is -1.01. The van der Waals surface area contributed by atoms with Crippen molar-refractivity contribution < 1.29 is 29.7 Å². The molecule has 15 heteroatoms. The molecule has 1 saturated heterocycles. The summed E-state index contributed by atoms with van der Waals surface area (Å²) >= 11 is 5.49. The number of anilines is 1. The van der Waals surface area contributed by atoms with Crippen LogP contribution in [0.4, 0.5) is 5.69 Å². The predicted octanol–water partition coefficient (Wildman–Crippen LogP) is 2.60. The Hall–Kier alpha value is -4.57. The van der Waals surface area contributed by atoms with Crippen LogP contribution in [-0.2, 0) is 27.3 Å². The van der Waals surface area contributed by atoms with E-state index in [4.69, 9.17) is 17.6 Å². The number of nitrogens with zero attached hydrogens (tertiary/aromatic N) is 5. The van der Waals surface area contributed by atoms with Gasteiger partial charge >= 0.3 is 17.9 Å². The molecule has 0 radical (unpaired) electrons. The first kappa shape index (κ1) is 35.9. The topological polar surface area (TPSA) is 194 Å². The summed E-state index contributed by atoms with van der Waals surface area (Å²) in [6.07, 6.45) is 1.32. The molecule has 0 saturated carbocycles. The Morgan fingerprint density at radius 3 is 2.24 bits per heavy atom. The van der Waals surface area contributed by atoms with Crippen LogP contribution in [-0.4, -0.2) is 118 Å². The highest BCUT2D eigenvalue weighted by Crippen LogP contribution is 2.19. The number of benzene rings is 2. The predicted molar refractivity (Wildman–Crippen MR) is 178 cm³/mol. The molecule has 0 spiro atoms. The van der Waals surface area contributed by atoms with Crippen molar-refractivity contribution in [2.45, 2.75) is 25.9 Å². The smallest absolute Gasteiger partial charge is 0.317 e. The van der Waals surface area contributed by atoms with Crippen LogP contribution in [0.3, 0.4) is 0 Å². The fraction of sp³-hybridized carbons (Fsp3) is 0.387. The third-order valence-electron chi connectivity index (χ3n) is 7.51. The average molecular weight is 653 g/mol. The van der Waals surface area contributed by atoms with Crippen molar-refractivity contribution >= 4 is 53.0 Å². The van der Waals surface area contributed by atoms with E-state index < -0.39 is 17.9 Å². The van der Waals surface area contributed by atoms with E-state index in [0.29, 0.717) is 56.5 Å². The van der Waals surface area contributed by atoms with Crippen molar-refractivity contribution in [3.8, 4) is 0 Å². The molecule has 0 aliphatic carbocycles. The molecule has 1 fully saturated rings. The lowest BCUT2D eigenvalue weighted by atomic mass is 10.0. The number of rotatable bonds is 14. The van der Waals surface area contributed by atoms with Crippen LogP contribution in [0.15, 0.2) is 59.3 Å². The van der Waals surface area contributed by atoms with Crippen molar-refractivity contribution in [2.75, 3.05) is 57.7 Å². The number of aryl methyl sites for hydroxylation is 1. The second-order valence-corrected chi connectivity index (χ2v) is 11.4. The summed E-state index contributed by atoms with van der Waals surface area (Å²) in [6, 6.07) is 13.0. The second-order valence-electron chi connectivity index (χ2n) is 11.0. The molecule has 0 bridgehead atoms. The zero-order valence-electron chi connectivity index (χ0n) is 25.7. The number of hydrogen-bond donors (Lipinski definition) is 6. The van der Waals surface area contributed by atoms with Crippen LogP contribution >= 0.6 is 12.2 Å². The number of nitrogens with one attached hydrogen (secondary N) is 3. The lowest BCUT2D eigenvalue weighted by molar-refractivity contribution is -0.140. The van der Waals surface area contributed by atoms with Gasteiger partial charge in [-0.1, -0.05) is 30.8 Å². The van der Waals surface area contributed by atoms with Crippen LogP contribution in [0.5, 0.6) is 0 Å². The number of azo groups is 1. The first-order valence-corrected chi connectivity index (χ1v) is 15.0.